The molecule has 0 aliphatic carbocycles. The van der Waals surface area contributed by atoms with Gasteiger partial charge >= 0.3 is 5.91 Å². The van der Waals surface area contributed by atoms with Crippen LogP contribution in [0.1, 0.15) is 48.3 Å². The number of rotatable bonds is 4. The lowest BCUT2D eigenvalue weighted by Crippen LogP contribution is -2.29. The number of carbonyl (C=O) groups is 2. The summed E-state index contributed by atoms with van der Waals surface area (Å²) in [6.07, 6.45) is 0. The van der Waals surface area contributed by atoms with Crippen molar-refractivity contribution in [3.8, 4) is 0 Å². The molecule has 0 radical (unpaired) electrons. The SMILES string of the molecule is Cc1cc(N2C(=O)C(=O)/C(=C(/O)c3ccc(Br)cc3)C2c2ccc(C(C)C)cc2)no1. The van der Waals surface area contributed by atoms with Crippen molar-refractivity contribution in [3.63, 3.8) is 0 Å². The number of benzene rings is 2. The second-order valence-electron chi connectivity index (χ2n) is 7.79. The molecule has 1 fully saturated rings. The summed E-state index contributed by atoms with van der Waals surface area (Å²) in [7, 11) is 0. The summed E-state index contributed by atoms with van der Waals surface area (Å²) >= 11 is 3.36. The molecule has 7 heteroatoms. The molecule has 1 saturated heterocycles. The average Bonchev–Trinajstić information content (AvgIpc) is 3.29. The lowest BCUT2D eigenvalue weighted by atomic mass is 9.93. The number of aliphatic hydroxyl groups excluding tert-OH is 1. The highest BCUT2D eigenvalue weighted by molar-refractivity contribution is 9.10. The molecule has 0 spiro atoms. The Hall–Kier alpha value is -3.19. The number of halogens is 1. The summed E-state index contributed by atoms with van der Waals surface area (Å²) < 4.78 is 5.99. The van der Waals surface area contributed by atoms with E-state index in [4.69, 9.17) is 4.52 Å². The van der Waals surface area contributed by atoms with E-state index in [1.807, 2.05) is 24.3 Å². The van der Waals surface area contributed by atoms with E-state index < -0.39 is 17.7 Å². The molecular weight excluding hydrogens is 460 g/mol. The van der Waals surface area contributed by atoms with Crippen molar-refractivity contribution in [2.24, 2.45) is 0 Å². The zero-order valence-corrected chi connectivity index (χ0v) is 18.9. The Kier molecular flexibility index (Phi) is 5.54. The number of aliphatic hydroxyl groups is 1. The molecule has 1 unspecified atom stereocenters. The molecule has 0 saturated carbocycles. The minimum absolute atomic E-state index is 0.0188. The van der Waals surface area contributed by atoms with Crippen LogP contribution >= 0.6 is 15.9 Å². The van der Waals surface area contributed by atoms with Gasteiger partial charge in [0.2, 0.25) is 0 Å². The van der Waals surface area contributed by atoms with Crippen molar-refractivity contribution >= 4 is 39.2 Å². The number of aromatic nitrogens is 1. The number of hydrogen-bond acceptors (Lipinski definition) is 5. The van der Waals surface area contributed by atoms with E-state index in [-0.39, 0.29) is 17.2 Å². The van der Waals surface area contributed by atoms with Gasteiger partial charge in [0, 0.05) is 16.1 Å². The highest BCUT2D eigenvalue weighted by atomic mass is 79.9. The fourth-order valence-electron chi connectivity index (χ4n) is 3.68. The first-order valence-corrected chi connectivity index (χ1v) is 10.7. The van der Waals surface area contributed by atoms with Crippen LogP contribution in [0.5, 0.6) is 0 Å². The maximum atomic E-state index is 13.1. The maximum Gasteiger partial charge on any atom is 0.301 e. The quantitative estimate of drug-likeness (QED) is 0.303. The van der Waals surface area contributed by atoms with Crippen molar-refractivity contribution < 1.29 is 19.2 Å². The summed E-state index contributed by atoms with van der Waals surface area (Å²) in [5.74, 6) is -0.678. The molecule has 1 N–H and O–H groups in total. The molecule has 1 amide bonds. The number of ketones is 1. The monoisotopic (exact) mass is 480 g/mol. The first kappa shape index (κ1) is 21.1. The van der Waals surface area contributed by atoms with Crippen molar-refractivity contribution in [1.82, 2.24) is 5.16 Å². The van der Waals surface area contributed by atoms with Crippen LogP contribution in [0.15, 0.2) is 69.2 Å². The number of nitrogens with zero attached hydrogens (tertiary/aromatic N) is 2. The second-order valence-corrected chi connectivity index (χ2v) is 8.71. The molecule has 4 rings (SSSR count). The third kappa shape index (κ3) is 3.81. The Morgan fingerprint density at radius 3 is 2.29 bits per heavy atom. The predicted molar refractivity (Wildman–Crippen MR) is 121 cm³/mol. The normalized spacial score (nSPS) is 18.2. The second kappa shape index (κ2) is 8.15. The minimum atomic E-state index is -0.825. The van der Waals surface area contributed by atoms with E-state index in [0.29, 0.717) is 22.8 Å². The average molecular weight is 481 g/mol. The van der Waals surface area contributed by atoms with Gasteiger partial charge < -0.3 is 9.63 Å². The van der Waals surface area contributed by atoms with E-state index in [1.165, 1.54) is 4.90 Å². The van der Waals surface area contributed by atoms with Crippen LogP contribution in [0.4, 0.5) is 5.82 Å². The van der Waals surface area contributed by atoms with Gasteiger partial charge in [-0.05, 0) is 36.1 Å². The highest BCUT2D eigenvalue weighted by Crippen LogP contribution is 2.42. The Balaban J connectivity index is 1.91. The molecule has 31 heavy (non-hydrogen) atoms. The van der Waals surface area contributed by atoms with Crippen LogP contribution < -0.4 is 4.90 Å². The Labute approximate surface area is 188 Å². The van der Waals surface area contributed by atoms with Gasteiger partial charge in [-0.3, -0.25) is 14.5 Å². The molecule has 0 bridgehead atoms. The van der Waals surface area contributed by atoms with Crippen LogP contribution in [0.3, 0.4) is 0 Å². The zero-order chi connectivity index (χ0) is 22.3. The van der Waals surface area contributed by atoms with Crippen molar-refractivity contribution in [1.29, 1.82) is 0 Å². The van der Waals surface area contributed by atoms with Gasteiger partial charge in [0.25, 0.3) is 5.78 Å². The molecule has 158 valence electrons. The highest BCUT2D eigenvalue weighted by Gasteiger charge is 2.48. The number of carbonyl (C=O) groups excluding carboxylic acids is 2. The topological polar surface area (TPSA) is 83.6 Å². The fraction of sp³-hybridized carbons (Fsp3) is 0.208. The first-order chi connectivity index (χ1) is 14.8. The van der Waals surface area contributed by atoms with Crippen LogP contribution in [0, 0.1) is 6.92 Å². The number of anilines is 1. The number of Topliss-reactive ketones (excluding diaryl/α,β-unsaturated/α-hetero) is 1. The van der Waals surface area contributed by atoms with E-state index in [0.717, 1.165) is 10.0 Å². The smallest absolute Gasteiger partial charge is 0.301 e. The molecular formula is C24H21BrN2O4. The van der Waals surface area contributed by atoms with Gasteiger partial charge in [-0.2, -0.15) is 0 Å². The van der Waals surface area contributed by atoms with E-state index in [2.05, 4.69) is 34.9 Å². The van der Waals surface area contributed by atoms with Gasteiger partial charge in [-0.15, -0.1) is 0 Å². The Bertz CT molecular complexity index is 1180. The van der Waals surface area contributed by atoms with Crippen LogP contribution in [0.2, 0.25) is 0 Å². The molecule has 3 aromatic rings. The third-order valence-electron chi connectivity index (χ3n) is 5.34. The van der Waals surface area contributed by atoms with E-state index in [9.17, 15) is 14.7 Å². The summed E-state index contributed by atoms with van der Waals surface area (Å²) in [5.41, 5.74) is 2.29. The molecule has 6 nitrogen and oxygen atoms in total. The molecule has 1 atom stereocenters. The van der Waals surface area contributed by atoms with Crippen LogP contribution in [-0.2, 0) is 9.59 Å². The standard InChI is InChI=1S/C24H21BrN2O4/c1-13(2)15-4-6-16(7-5-15)21-20(22(28)17-8-10-18(25)11-9-17)23(29)24(30)27(21)19-12-14(3)31-26-19/h4-13,21,28H,1-3H3/b22-20+. The summed E-state index contributed by atoms with van der Waals surface area (Å²) in [6.45, 7) is 5.89. The van der Waals surface area contributed by atoms with Crippen molar-refractivity contribution in [2.45, 2.75) is 32.7 Å². The van der Waals surface area contributed by atoms with Crippen molar-refractivity contribution in [2.75, 3.05) is 4.90 Å². The first-order valence-electron chi connectivity index (χ1n) is 9.88. The van der Waals surface area contributed by atoms with Gasteiger partial charge in [0.15, 0.2) is 5.82 Å². The number of hydrogen-bond donors (Lipinski definition) is 1. The fourth-order valence-corrected chi connectivity index (χ4v) is 3.94. The largest absolute Gasteiger partial charge is 0.507 e. The lowest BCUT2D eigenvalue weighted by Gasteiger charge is -2.23. The Morgan fingerprint density at radius 2 is 1.74 bits per heavy atom. The molecule has 1 aliphatic heterocycles. The summed E-state index contributed by atoms with van der Waals surface area (Å²) in [6, 6.07) is 15.4. The molecule has 1 aromatic heterocycles. The predicted octanol–water partition coefficient (Wildman–Crippen LogP) is 5.50. The third-order valence-corrected chi connectivity index (χ3v) is 5.87. The van der Waals surface area contributed by atoms with Gasteiger partial charge in [0.1, 0.15) is 11.5 Å². The minimum Gasteiger partial charge on any atom is -0.507 e. The molecule has 2 heterocycles. The maximum absolute atomic E-state index is 13.1. The summed E-state index contributed by atoms with van der Waals surface area (Å²) in [4.78, 5) is 27.4. The number of amides is 1. The summed E-state index contributed by atoms with van der Waals surface area (Å²) in [5, 5.41) is 15.0. The zero-order valence-electron chi connectivity index (χ0n) is 17.3. The van der Waals surface area contributed by atoms with Gasteiger partial charge in [-0.1, -0.05) is 71.3 Å². The molecule has 1 aliphatic rings. The van der Waals surface area contributed by atoms with E-state index >= 15 is 0 Å². The van der Waals surface area contributed by atoms with Crippen molar-refractivity contribution in [3.05, 3.63) is 87.1 Å². The van der Waals surface area contributed by atoms with Crippen LogP contribution in [0.25, 0.3) is 5.76 Å². The number of aryl methyl sites for hydroxylation is 1. The van der Waals surface area contributed by atoms with Gasteiger partial charge in [-0.25, -0.2) is 0 Å². The van der Waals surface area contributed by atoms with E-state index in [1.54, 1.807) is 37.3 Å². The molecule has 2 aromatic carbocycles. The lowest BCUT2D eigenvalue weighted by molar-refractivity contribution is -0.132. The Morgan fingerprint density at radius 1 is 1.10 bits per heavy atom. The van der Waals surface area contributed by atoms with Crippen LogP contribution in [-0.4, -0.2) is 22.0 Å². The van der Waals surface area contributed by atoms with Gasteiger partial charge in [0.05, 0.1) is 11.6 Å².